The van der Waals surface area contributed by atoms with Crippen molar-refractivity contribution in [2.24, 2.45) is 0 Å². The van der Waals surface area contributed by atoms with Crippen LogP contribution in [-0.4, -0.2) is 43.7 Å². The number of nitrogens with one attached hydrogen (secondary N) is 1. The minimum absolute atomic E-state index is 0.0289. The predicted molar refractivity (Wildman–Crippen MR) is 82.3 cm³/mol. The molecule has 1 fully saturated rings. The molecule has 118 valence electrons. The van der Waals surface area contributed by atoms with E-state index in [0.29, 0.717) is 37.7 Å². The summed E-state index contributed by atoms with van der Waals surface area (Å²) in [6.07, 6.45) is 1.32. The summed E-state index contributed by atoms with van der Waals surface area (Å²) in [5.74, 6) is 0.447. The predicted octanol–water partition coefficient (Wildman–Crippen LogP) is 1.27. The first kappa shape index (κ1) is 16.3. The van der Waals surface area contributed by atoms with Gasteiger partial charge in [-0.1, -0.05) is 6.07 Å². The quantitative estimate of drug-likeness (QED) is 0.822. The molecule has 1 aliphatic rings. The number of amides is 1. The molecule has 0 spiro atoms. The molecule has 1 amide bonds. The minimum Gasteiger partial charge on any atom is -0.484 e. The molecule has 0 bridgehead atoms. The van der Waals surface area contributed by atoms with Crippen LogP contribution in [0.4, 0.5) is 5.69 Å². The van der Waals surface area contributed by atoms with Crippen molar-refractivity contribution >= 4 is 11.6 Å². The van der Waals surface area contributed by atoms with Gasteiger partial charge in [-0.15, -0.1) is 0 Å². The van der Waals surface area contributed by atoms with Crippen LogP contribution < -0.4 is 10.1 Å². The van der Waals surface area contributed by atoms with Gasteiger partial charge >= 0.3 is 0 Å². The third-order valence-corrected chi connectivity index (χ3v) is 3.18. The lowest BCUT2D eigenvalue weighted by atomic mass is 10.3. The van der Waals surface area contributed by atoms with E-state index in [1.54, 1.807) is 41.3 Å². The summed E-state index contributed by atoms with van der Waals surface area (Å²) < 4.78 is 10.7. The highest BCUT2D eigenvalue weighted by Crippen LogP contribution is 2.17. The molecular formula is C16H16N4O3. The molecule has 2 rings (SSSR count). The zero-order chi connectivity index (χ0) is 16.5. The molecule has 1 aromatic carbocycles. The Bertz CT molecular complexity index is 651. The number of allylic oxidation sites excluding steroid dienone is 1. The van der Waals surface area contributed by atoms with Crippen LogP contribution in [0.3, 0.4) is 0 Å². The van der Waals surface area contributed by atoms with Crippen LogP contribution in [0, 0.1) is 22.7 Å². The van der Waals surface area contributed by atoms with Gasteiger partial charge in [-0.3, -0.25) is 4.79 Å². The van der Waals surface area contributed by atoms with E-state index in [-0.39, 0.29) is 18.1 Å². The van der Waals surface area contributed by atoms with Gasteiger partial charge in [0.2, 0.25) is 0 Å². The highest BCUT2D eigenvalue weighted by molar-refractivity contribution is 5.77. The smallest absolute Gasteiger partial charge is 0.260 e. The second kappa shape index (κ2) is 8.42. The molecule has 1 saturated heterocycles. The molecule has 0 aliphatic carbocycles. The van der Waals surface area contributed by atoms with Gasteiger partial charge in [0.15, 0.2) is 6.61 Å². The monoisotopic (exact) mass is 312 g/mol. The van der Waals surface area contributed by atoms with Gasteiger partial charge in [0.1, 0.15) is 23.5 Å². The summed E-state index contributed by atoms with van der Waals surface area (Å²) in [5.41, 5.74) is 0.628. The largest absolute Gasteiger partial charge is 0.484 e. The number of carbonyl (C=O) groups excluding carboxylic acids is 1. The fraction of sp³-hybridized carbons (Fsp3) is 0.312. The normalized spacial score (nSPS) is 13.4. The summed E-state index contributed by atoms with van der Waals surface area (Å²) in [5, 5.41) is 20.2. The molecule has 1 aromatic rings. The molecular weight excluding hydrogens is 296 g/mol. The van der Waals surface area contributed by atoms with Gasteiger partial charge in [0.25, 0.3) is 5.91 Å². The average molecular weight is 312 g/mol. The second-order valence-electron chi connectivity index (χ2n) is 4.74. The number of morpholine rings is 1. The topological polar surface area (TPSA) is 98.4 Å². The maximum atomic E-state index is 12.0. The Morgan fingerprint density at radius 2 is 2.09 bits per heavy atom. The van der Waals surface area contributed by atoms with E-state index >= 15 is 0 Å². The van der Waals surface area contributed by atoms with Crippen LogP contribution in [0.5, 0.6) is 5.75 Å². The van der Waals surface area contributed by atoms with Gasteiger partial charge in [-0.2, -0.15) is 10.5 Å². The number of rotatable bonds is 5. The van der Waals surface area contributed by atoms with E-state index in [9.17, 15) is 4.79 Å². The number of anilines is 1. The van der Waals surface area contributed by atoms with E-state index in [0.717, 1.165) is 0 Å². The summed E-state index contributed by atoms with van der Waals surface area (Å²) in [7, 11) is 0. The van der Waals surface area contributed by atoms with Gasteiger partial charge in [0, 0.05) is 31.0 Å². The number of nitriles is 2. The Kier molecular flexibility index (Phi) is 5.98. The first-order chi connectivity index (χ1) is 11.2. The Morgan fingerprint density at radius 1 is 1.35 bits per heavy atom. The standard InChI is InChI=1S/C16H16N4O3/c17-9-13(10-18)11-19-14-2-1-3-15(8-14)23-12-16(21)20-4-6-22-7-5-20/h1-3,8,11,19H,4-7,12H2. The molecule has 7 heteroatoms. The molecule has 0 radical (unpaired) electrons. The summed E-state index contributed by atoms with van der Waals surface area (Å²) >= 11 is 0. The number of hydrogen-bond donors (Lipinski definition) is 1. The number of benzene rings is 1. The highest BCUT2D eigenvalue weighted by atomic mass is 16.5. The second-order valence-corrected chi connectivity index (χ2v) is 4.74. The van der Waals surface area contributed by atoms with Crippen molar-refractivity contribution in [3.63, 3.8) is 0 Å². The van der Waals surface area contributed by atoms with Crippen LogP contribution in [0.25, 0.3) is 0 Å². The van der Waals surface area contributed by atoms with Crippen molar-refractivity contribution < 1.29 is 14.3 Å². The van der Waals surface area contributed by atoms with Gasteiger partial charge in [-0.05, 0) is 12.1 Å². The zero-order valence-corrected chi connectivity index (χ0v) is 12.5. The fourth-order valence-corrected chi connectivity index (χ4v) is 1.97. The SMILES string of the molecule is N#CC(C#N)=CNc1cccc(OCC(=O)N2CCOCC2)c1. The first-order valence-electron chi connectivity index (χ1n) is 7.08. The van der Waals surface area contributed by atoms with E-state index in [1.165, 1.54) is 6.20 Å². The average Bonchev–Trinajstić information content (AvgIpc) is 2.61. The molecule has 1 N–H and O–H groups in total. The van der Waals surface area contributed by atoms with Crippen molar-refractivity contribution in [1.29, 1.82) is 10.5 Å². The third-order valence-electron chi connectivity index (χ3n) is 3.18. The Morgan fingerprint density at radius 3 is 2.78 bits per heavy atom. The lowest BCUT2D eigenvalue weighted by Crippen LogP contribution is -2.42. The maximum Gasteiger partial charge on any atom is 0.260 e. The van der Waals surface area contributed by atoms with E-state index in [4.69, 9.17) is 20.0 Å². The minimum atomic E-state index is -0.0807. The molecule has 7 nitrogen and oxygen atoms in total. The van der Waals surface area contributed by atoms with Crippen molar-refractivity contribution in [2.45, 2.75) is 0 Å². The van der Waals surface area contributed by atoms with Crippen molar-refractivity contribution in [2.75, 3.05) is 38.2 Å². The maximum absolute atomic E-state index is 12.0. The molecule has 0 unspecified atom stereocenters. The van der Waals surface area contributed by atoms with Gasteiger partial charge in [0.05, 0.1) is 13.2 Å². The molecule has 1 aliphatic heterocycles. The zero-order valence-electron chi connectivity index (χ0n) is 12.5. The summed E-state index contributed by atoms with van der Waals surface area (Å²) in [4.78, 5) is 13.7. The highest BCUT2D eigenvalue weighted by Gasteiger charge is 2.17. The number of ether oxygens (including phenoxy) is 2. The van der Waals surface area contributed by atoms with Crippen molar-refractivity contribution in [3.8, 4) is 17.9 Å². The molecule has 23 heavy (non-hydrogen) atoms. The van der Waals surface area contributed by atoms with E-state index < -0.39 is 0 Å². The Hall–Kier alpha value is -3.03. The lowest BCUT2D eigenvalue weighted by molar-refractivity contribution is -0.137. The molecule has 0 saturated carbocycles. The lowest BCUT2D eigenvalue weighted by Gasteiger charge is -2.26. The van der Waals surface area contributed by atoms with Crippen LogP contribution in [0.1, 0.15) is 0 Å². The third kappa shape index (κ3) is 5.03. The van der Waals surface area contributed by atoms with Gasteiger partial charge < -0.3 is 19.7 Å². The van der Waals surface area contributed by atoms with Crippen LogP contribution in [-0.2, 0) is 9.53 Å². The van der Waals surface area contributed by atoms with Crippen LogP contribution >= 0.6 is 0 Å². The molecule has 1 heterocycles. The summed E-state index contributed by atoms with van der Waals surface area (Å²) in [6.45, 7) is 2.23. The number of carbonyl (C=O) groups is 1. The summed E-state index contributed by atoms with van der Waals surface area (Å²) in [6, 6.07) is 10.5. The Labute approximate surface area is 134 Å². The number of nitrogens with zero attached hydrogens (tertiary/aromatic N) is 3. The van der Waals surface area contributed by atoms with Gasteiger partial charge in [-0.25, -0.2) is 0 Å². The van der Waals surface area contributed by atoms with Crippen LogP contribution in [0.2, 0.25) is 0 Å². The Balaban J connectivity index is 1.90. The number of hydrogen-bond acceptors (Lipinski definition) is 6. The fourth-order valence-electron chi connectivity index (χ4n) is 1.97. The van der Waals surface area contributed by atoms with E-state index in [2.05, 4.69) is 5.32 Å². The van der Waals surface area contributed by atoms with Crippen molar-refractivity contribution in [3.05, 3.63) is 36.0 Å². The molecule has 0 aromatic heterocycles. The first-order valence-corrected chi connectivity index (χ1v) is 7.08. The van der Waals surface area contributed by atoms with Crippen molar-refractivity contribution in [1.82, 2.24) is 4.90 Å². The molecule has 0 atom stereocenters. The van der Waals surface area contributed by atoms with E-state index in [1.807, 2.05) is 0 Å². The van der Waals surface area contributed by atoms with Crippen LogP contribution in [0.15, 0.2) is 36.0 Å².